The summed E-state index contributed by atoms with van der Waals surface area (Å²) in [7, 11) is 2.15. The number of hydrogen-bond acceptors (Lipinski definition) is 6. The zero-order valence-corrected chi connectivity index (χ0v) is 23.9. The number of hydrogen-bond donors (Lipinski definition) is 1. The van der Waals surface area contributed by atoms with Crippen molar-refractivity contribution in [2.24, 2.45) is 0 Å². The lowest BCUT2D eigenvalue weighted by Gasteiger charge is -2.37. The molecule has 5 aromatic rings. The van der Waals surface area contributed by atoms with Gasteiger partial charge in [0.05, 0.1) is 12.1 Å². The number of H-pyrrole nitrogens is 1. The van der Waals surface area contributed by atoms with Crippen molar-refractivity contribution in [3.63, 3.8) is 0 Å². The predicted octanol–water partition coefficient (Wildman–Crippen LogP) is 3.84. The first-order chi connectivity index (χ1) is 19.9. The van der Waals surface area contributed by atoms with E-state index < -0.39 is 0 Å². The summed E-state index contributed by atoms with van der Waals surface area (Å²) in [5.74, 6) is 0.253. The Bertz CT molecular complexity index is 1700. The third kappa shape index (κ3) is 5.32. The second-order valence-corrected chi connectivity index (χ2v) is 11.0. The van der Waals surface area contributed by atoms with Crippen molar-refractivity contribution in [1.29, 1.82) is 0 Å². The molecule has 3 N–H and O–H groups in total. The number of fused-ring (bicyclic) bond motifs is 1. The van der Waals surface area contributed by atoms with Crippen molar-refractivity contribution in [2.45, 2.75) is 39.3 Å². The maximum atomic E-state index is 13.6. The third-order valence-corrected chi connectivity index (χ3v) is 8.11. The van der Waals surface area contributed by atoms with Gasteiger partial charge in [-0.05, 0) is 63.6 Å². The molecular weight excluding hydrogens is 512 g/mol. The van der Waals surface area contributed by atoms with Gasteiger partial charge in [-0.1, -0.05) is 48.5 Å². The standard InChI is InChI=1S/C32H36N8O/c1-22-20-25(21-23(2)34-22)28-29(24-10-6-4-7-11-24)35-31(33)40-30(28)36-39(32(40)41)19-18-37(3)26-14-16-38(17-15-26)27-12-8-5-9-13-27/h4-13,20-21,26H,14-19H2,1-3H3,(H2,33,35)/p+1. The Labute approximate surface area is 239 Å². The number of pyridine rings is 1. The number of benzene rings is 2. The number of aromatic nitrogens is 5. The number of nitrogens with one attached hydrogen (secondary N) is 1. The number of nitrogens with two attached hydrogens (primary N) is 1. The fraction of sp³-hybridized carbons (Fsp3) is 0.312. The molecule has 1 saturated heterocycles. The van der Waals surface area contributed by atoms with Gasteiger partial charge >= 0.3 is 11.6 Å². The highest BCUT2D eigenvalue weighted by atomic mass is 16.2. The summed E-state index contributed by atoms with van der Waals surface area (Å²) in [6.45, 7) is 7.19. The Morgan fingerprint density at radius 2 is 1.59 bits per heavy atom. The van der Waals surface area contributed by atoms with E-state index in [4.69, 9.17) is 10.8 Å². The van der Waals surface area contributed by atoms with E-state index in [9.17, 15) is 4.79 Å². The minimum absolute atomic E-state index is 0.246. The van der Waals surface area contributed by atoms with E-state index in [1.165, 1.54) is 10.1 Å². The first kappa shape index (κ1) is 26.7. The van der Waals surface area contributed by atoms with E-state index in [1.807, 2.05) is 56.3 Å². The van der Waals surface area contributed by atoms with Crippen LogP contribution in [0.15, 0.2) is 77.6 Å². The quantitative estimate of drug-likeness (QED) is 0.331. The Balaban J connectivity index is 1.30. The summed E-state index contributed by atoms with van der Waals surface area (Å²) in [5.41, 5.74) is 13.4. The molecule has 0 saturated carbocycles. The highest BCUT2D eigenvalue weighted by Crippen LogP contribution is 2.33. The maximum absolute atomic E-state index is 13.6. The van der Waals surface area contributed by atoms with E-state index >= 15 is 0 Å². The molecule has 6 rings (SSSR count). The van der Waals surface area contributed by atoms with Crippen LogP contribution in [0, 0.1) is 13.8 Å². The average molecular weight is 550 g/mol. The lowest BCUT2D eigenvalue weighted by atomic mass is 9.99. The number of aryl methyl sites for hydroxylation is 2. The zero-order chi connectivity index (χ0) is 28.5. The van der Waals surface area contributed by atoms with Gasteiger partial charge in [0.1, 0.15) is 5.69 Å². The monoisotopic (exact) mass is 549 g/mol. The first-order valence-electron chi connectivity index (χ1n) is 14.2. The van der Waals surface area contributed by atoms with Crippen molar-refractivity contribution in [3.8, 4) is 22.4 Å². The van der Waals surface area contributed by atoms with Crippen LogP contribution in [0.25, 0.3) is 28.0 Å². The van der Waals surface area contributed by atoms with Crippen molar-refractivity contribution in [2.75, 3.05) is 37.3 Å². The van der Waals surface area contributed by atoms with E-state index in [0.717, 1.165) is 66.2 Å². The summed E-state index contributed by atoms with van der Waals surface area (Å²) < 4.78 is 3.04. The lowest BCUT2D eigenvalue weighted by Crippen LogP contribution is -2.44. The first-order valence-corrected chi connectivity index (χ1v) is 14.2. The Morgan fingerprint density at radius 1 is 0.951 bits per heavy atom. The summed E-state index contributed by atoms with van der Waals surface area (Å²) in [6.07, 6.45) is 2.16. The molecule has 0 bridgehead atoms. The summed E-state index contributed by atoms with van der Waals surface area (Å²) in [5, 5.41) is 4.88. The highest BCUT2D eigenvalue weighted by molar-refractivity contribution is 5.88. The van der Waals surface area contributed by atoms with Gasteiger partial charge in [0.15, 0.2) is 0 Å². The van der Waals surface area contributed by atoms with Crippen LogP contribution in [0.2, 0.25) is 0 Å². The molecule has 41 heavy (non-hydrogen) atoms. The van der Waals surface area contributed by atoms with E-state index in [-0.39, 0.29) is 11.6 Å². The van der Waals surface area contributed by atoms with E-state index in [1.54, 1.807) is 4.68 Å². The van der Waals surface area contributed by atoms with Gasteiger partial charge in [-0.3, -0.25) is 10.7 Å². The number of piperidine rings is 1. The number of nitrogen functional groups attached to an aromatic ring is 1. The predicted molar refractivity (Wildman–Crippen MR) is 163 cm³/mol. The van der Waals surface area contributed by atoms with Crippen LogP contribution in [-0.2, 0) is 6.54 Å². The van der Waals surface area contributed by atoms with Gasteiger partial charge in [0, 0.05) is 48.3 Å². The largest absolute Gasteiger partial charge is 0.411 e. The molecular formula is C32H37N8O+. The van der Waals surface area contributed by atoms with E-state index in [2.05, 4.69) is 57.1 Å². The summed E-state index contributed by atoms with van der Waals surface area (Å²) >= 11 is 0. The molecule has 4 heterocycles. The number of likely N-dealkylation sites (N-methyl/N-ethyl adjacent to an activating group) is 1. The van der Waals surface area contributed by atoms with Crippen LogP contribution in [-0.4, -0.2) is 56.8 Å². The Kier molecular flexibility index (Phi) is 7.28. The highest BCUT2D eigenvalue weighted by Gasteiger charge is 2.27. The normalized spacial score (nSPS) is 14.3. The minimum Gasteiger partial charge on any atom is -0.371 e. The molecule has 0 spiro atoms. The number of nitrogens with zero attached hydrogens (tertiary/aromatic N) is 6. The van der Waals surface area contributed by atoms with Gasteiger partial charge in [-0.25, -0.2) is 9.78 Å². The summed E-state index contributed by atoms with van der Waals surface area (Å²) in [6, 6.07) is 25.1. The second kappa shape index (κ2) is 11.2. The van der Waals surface area contributed by atoms with Crippen molar-refractivity contribution >= 4 is 17.3 Å². The van der Waals surface area contributed by atoms with Crippen molar-refractivity contribution in [1.82, 2.24) is 24.1 Å². The molecule has 1 fully saturated rings. The average Bonchev–Trinajstić information content (AvgIpc) is 3.32. The van der Waals surface area contributed by atoms with Gasteiger partial charge in [-0.15, -0.1) is 9.50 Å². The zero-order valence-electron chi connectivity index (χ0n) is 23.9. The smallest absolute Gasteiger partial charge is 0.371 e. The van der Waals surface area contributed by atoms with Gasteiger partial charge < -0.3 is 9.80 Å². The molecule has 3 aromatic heterocycles. The number of aromatic amines is 1. The molecule has 0 unspecified atom stereocenters. The Morgan fingerprint density at radius 3 is 2.24 bits per heavy atom. The van der Waals surface area contributed by atoms with Gasteiger partial charge in [0.25, 0.3) is 0 Å². The van der Waals surface area contributed by atoms with Crippen molar-refractivity contribution < 1.29 is 4.98 Å². The van der Waals surface area contributed by atoms with Crippen molar-refractivity contribution in [3.05, 3.63) is 94.7 Å². The van der Waals surface area contributed by atoms with Gasteiger partial charge in [-0.2, -0.15) is 4.68 Å². The topological polar surface area (TPSA) is 98.8 Å². The lowest BCUT2D eigenvalue weighted by molar-refractivity contribution is -0.351. The van der Waals surface area contributed by atoms with Crippen LogP contribution in [0.5, 0.6) is 0 Å². The molecule has 9 nitrogen and oxygen atoms in total. The molecule has 1 aliphatic heterocycles. The maximum Gasteiger partial charge on any atom is 0.411 e. The third-order valence-electron chi connectivity index (χ3n) is 8.11. The van der Waals surface area contributed by atoms with E-state index in [0.29, 0.717) is 18.2 Å². The molecule has 0 radical (unpaired) electrons. The molecule has 9 heteroatoms. The number of para-hydroxylation sites is 1. The Hall–Kier alpha value is -4.50. The molecule has 0 amide bonds. The second-order valence-electron chi connectivity index (χ2n) is 11.0. The molecule has 1 aliphatic rings. The fourth-order valence-corrected chi connectivity index (χ4v) is 6.00. The SMILES string of the molecule is Cc1cc(-c2c(-c3ccccc3)[nH+]c(N)n3c(=O)n(CCN(C)C4CCN(c5ccccc5)CC4)nc23)cc(C)n1. The van der Waals surface area contributed by atoms with Crippen LogP contribution in [0.3, 0.4) is 0 Å². The minimum atomic E-state index is -0.246. The molecule has 0 aliphatic carbocycles. The number of rotatable bonds is 7. The molecule has 0 atom stereocenters. The molecule has 210 valence electrons. The molecule has 2 aromatic carbocycles. The summed E-state index contributed by atoms with van der Waals surface area (Å²) in [4.78, 5) is 26.3. The van der Waals surface area contributed by atoms with Crippen LogP contribution >= 0.6 is 0 Å². The van der Waals surface area contributed by atoms with Crippen LogP contribution < -0.4 is 21.3 Å². The fourth-order valence-electron chi connectivity index (χ4n) is 6.00. The number of anilines is 2. The van der Waals surface area contributed by atoms with Crippen LogP contribution in [0.4, 0.5) is 11.6 Å². The van der Waals surface area contributed by atoms with Gasteiger partial charge in [0.2, 0.25) is 5.65 Å². The van der Waals surface area contributed by atoms with Crippen LogP contribution in [0.1, 0.15) is 24.2 Å².